The van der Waals surface area contributed by atoms with Crippen LogP contribution in [0.2, 0.25) is 0 Å². The normalized spacial score (nSPS) is 14.3. The lowest BCUT2D eigenvalue weighted by molar-refractivity contribution is -0.138. The highest BCUT2D eigenvalue weighted by molar-refractivity contribution is 5.85. The Kier molecular flexibility index (Phi) is 4.46. The standard InChI is InChI=1S/C17H15NO2.ClH/c18-16(17(19)20)15-13-7-3-1-5-11(13)9-10-12-6-2-4-8-14(12)15;/h1-10,15-16H,18H2,(H,19,20);1H. The van der Waals surface area contributed by atoms with Crippen LogP contribution in [-0.2, 0) is 4.79 Å². The van der Waals surface area contributed by atoms with Gasteiger partial charge in [0.15, 0.2) is 0 Å². The third kappa shape index (κ3) is 2.71. The van der Waals surface area contributed by atoms with Crippen LogP contribution in [0.25, 0.3) is 12.2 Å². The van der Waals surface area contributed by atoms with Crippen LogP contribution in [-0.4, -0.2) is 17.1 Å². The number of benzene rings is 2. The van der Waals surface area contributed by atoms with Gasteiger partial charge in [0.05, 0.1) is 0 Å². The largest absolute Gasteiger partial charge is 0.480 e. The fourth-order valence-corrected chi connectivity index (χ4v) is 2.77. The van der Waals surface area contributed by atoms with E-state index in [9.17, 15) is 9.90 Å². The number of carboxylic acid groups (broad SMARTS) is 1. The highest BCUT2D eigenvalue weighted by Gasteiger charge is 2.30. The Labute approximate surface area is 129 Å². The second kappa shape index (κ2) is 6.12. The van der Waals surface area contributed by atoms with Crippen LogP contribution in [0, 0.1) is 0 Å². The molecule has 0 saturated carbocycles. The van der Waals surface area contributed by atoms with E-state index in [1.165, 1.54) is 0 Å². The first kappa shape index (κ1) is 15.3. The highest BCUT2D eigenvalue weighted by Crippen LogP contribution is 2.36. The average molecular weight is 302 g/mol. The molecule has 108 valence electrons. The van der Waals surface area contributed by atoms with E-state index in [-0.39, 0.29) is 18.3 Å². The SMILES string of the molecule is Cl.NC(C(=O)O)C1c2ccccc2C=Cc2ccccc21. The van der Waals surface area contributed by atoms with Gasteiger partial charge in [0, 0.05) is 5.92 Å². The summed E-state index contributed by atoms with van der Waals surface area (Å²) in [5, 5.41) is 9.33. The van der Waals surface area contributed by atoms with Crippen molar-refractivity contribution in [2.45, 2.75) is 12.0 Å². The number of carboxylic acids is 1. The summed E-state index contributed by atoms with van der Waals surface area (Å²) in [4.78, 5) is 11.4. The monoisotopic (exact) mass is 301 g/mol. The molecule has 0 aromatic heterocycles. The Morgan fingerprint density at radius 1 is 0.952 bits per heavy atom. The predicted molar refractivity (Wildman–Crippen MR) is 86.5 cm³/mol. The molecule has 3 rings (SSSR count). The van der Waals surface area contributed by atoms with Crippen molar-refractivity contribution < 1.29 is 9.90 Å². The van der Waals surface area contributed by atoms with Crippen molar-refractivity contribution in [2.75, 3.05) is 0 Å². The summed E-state index contributed by atoms with van der Waals surface area (Å²) in [6, 6.07) is 14.6. The molecule has 1 aliphatic carbocycles. The van der Waals surface area contributed by atoms with Crippen LogP contribution in [0.3, 0.4) is 0 Å². The van der Waals surface area contributed by atoms with Gasteiger partial charge >= 0.3 is 5.97 Å². The van der Waals surface area contributed by atoms with Gasteiger partial charge in [0.25, 0.3) is 0 Å². The van der Waals surface area contributed by atoms with Crippen molar-refractivity contribution in [3.63, 3.8) is 0 Å². The van der Waals surface area contributed by atoms with Gasteiger partial charge in [-0.15, -0.1) is 12.4 Å². The zero-order chi connectivity index (χ0) is 14.1. The Bertz CT molecular complexity index is 647. The van der Waals surface area contributed by atoms with Gasteiger partial charge in [-0.3, -0.25) is 4.79 Å². The minimum Gasteiger partial charge on any atom is -0.480 e. The molecule has 21 heavy (non-hydrogen) atoms. The van der Waals surface area contributed by atoms with Crippen LogP contribution in [0.4, 0.5) is 0 Å². The molecule has 0 heterocycles. The molecular weight excluding hydrogens is 286 g/mol. The lowest BCUT2D eigenvalue weighted by Gasteiger charge is -2.23. The van der Waals surface area contributed by atoms with Gasteiger partial charge in [-0.1, -0.05) is 60.7 Å². The number of halogens is 1. The molecule has 2 aromatic carbocycles. The molecule has 0 spiro atoms. The van der Waals surface area contributed by atoms with Crippen molar-refractivity contribution in [1.29, 1.82) is 0 Å². The summed E-state index contributed by atoms with van der Waals surface area (Å²) >= 11 is 0. The summed E-state index contributed by atoms with van der Waals surface area (Å²) in [5.74, 6) is -1.32. The Hall–Kier alpha value is -2.10. The first-order valence-electron chi connectivity index (χ1n) is 6.53. The third-order valence-corrected chi connectivity index (χ3v) is 3.75. The maximum atomic E-state index is 11.4. The van der Waals surface area contributed by atoms with Gasteiger partial charge in [-0.05, 0) is 22.3 Å². The summed E-state index contributed by atoms with van der Waals surface area (Å²) in [7, 11) is 0. The molecule has 0 bridgehead atoms. The number of carbonyl (C=O) groups is 1. The quantitative estimate of drug-likeness (QED) is 0.895. The highest BCUT2D eigenvalue weighted by atomic mass is 35.5. The van der Waals surface area contributed by atoms with Crippen LogP contribution in [0.15, 0.2) is 48.5 Å². The molecule has 2 aromatic rings. The lowest BCUT2D eigenvalue weighted by atomic mass is 9.82. The van der Waals surface area contributed by atoms with Crippen molar-refractivity contribution in [1.82, 2.24) is 0 Å². The van der Waals surface area contributed by atoms with E-state index in [2.05, 4.69) is 0 Å². The number of rotatable bonds is 2. The molecule has 4 heteroatoms. The van der Waals surface area contributed by atoms with Gasteiger partial charge in [-0.2, -0.15) is 0 Å². The zero-order valence-electron chi connectivity index (χ0n) is 11.3. The number of nitrogens with two attached hydrogens (primary N) is 1. The molecule has 0 fully saturated rings. The third-order valence-electron chi connectivity index (χ3n) is 3.75. The number of aliphatic carboxylic acids is 1. The molecule has 1 aliphatic rings. The molecule has 3 N–H and O–H groups in total. The lowest BCUT2D eigenvalue weighted by Crippen LogP contribution is -2.37. The Balaban J connectivity index is 0.00000161. The van der Waals surface area contributed by atoms with Crippen molar-refractivity contribution in [3.05, 3.63) is 70.8 Å². The van der Waals surface area contributed by atoms with E-state index in [0.29, 0.717) is 0 Å². The van der Waals surface area contributed by atoms with Crippen LogP contribution in [0.1, 0.15) is 28.2 Å². The van der Waals surface area contributed by atoms with Crippen molar-refractivity contribution in [3.8, 4) is 0 Å². The zero-order valence-corrected chi connectivity index (χ0v) is 12.1. The van der Waals surface area contributed by atoms with E-state index in [1.807, 2.05) is 60.7 Å². The number of hydrogen-bond donors (Lipinski definition) is 2. The van der Waals surface area contributed by atoms with E-state index in [4.69, 9.17) is 5.73 Å². The maximum absolute atomic E-state index is 11.4. The fraction of sp³-hybridized carbons (Fsp3) is 0.118. The average Bonchev–Trinajstić information content (AvgIpc) is 2.63. The minimum atomic E-state index is -0.985. The smallest absolute Gasteiger partial charge is 0.321 e. The Morgan fingerprint density at radius 3 is 1.81 bits per heavy atom. The van der Waals surface area contributed by atoms with Crippen LogP contribution < -0.4 is 5.73 Å². The molecule has 3 nitrogen and oxygen atoms in total. The Morgan fingerprint density at radius 2 is 1.38 bits per heavy atom. The summed E-state index contributed by atoms with van der Waals surface area (Å²) in [6.07, 6.45) is 4.03. The molecule has 0 saturated heterocycles. The van der Waals surface area contributed by atoms with E-state index in [1.54, 1.807) is 0 Å². The summed E-state index contributed by atoms with van der Waals surface area (Å²) in [6.45, 7) is 0. The number of fused-ring (bicyclic) bond motifs is 2. The van der Waals surface area contributed by atoms with E-state index >= 15 is 0 Å². The molecular formula is C17H16ClNO2. The number of hydrogen-bond acceptors (Lipinski definition) is 2. The van der Waals surface area contributed by atoms with Gasteiger partial charge in [-0.25, -0.2) is 0 Å². The second-order valence-electron chi connectivity index (χ2n) is 4.93. The van der Waals surface area contributed by atoms with Gasteiger partial charge in [0.1, 0.15) is 6.04 Å². The van der Waals surface area contributed by atoms with Crippen molar-refractivity contribution in [2.24, 2.45) is 5.73 Å². The first-order chi connectivity index (χ1) is 9.68. The fourth-order valence-electron chi connectivity index (χ4n) is 2.77. The molecule has 0 aliphatic heterocycles. The second-order valence-corrected chi connectivity index (χ2v) is 4.93. The van der Waals surface area contributed by atoms with Gasteiger partial charge in [0.2, 0.25) is 0 Å². The summed E-state index contributed by atoms with van der Waals surface area (Å²) < 4.78 is 0. The van der Waals surface area contributed by atoms with Crippen molar-refractivity contribution >= 4 is 30.5 Å². The minimum absolute atomic E-state index is 0. The van der Waals surface area contributed by atoms with Crippen LogP contribution >= 0.6 is 12.4 Å². The topological polar surface area (TPSA) is 63.3 Å². The van der Waals surface area contributed by atoms with E-state index in [0.717, 1.165) is 22.3 Å². The first-order valence-corrected chi connectivity index (χ1v) is 6.53. The molecule has 0 radical (unpaired) electrons. The predicted octanol–water partition coefficient (Wildman–Crippen LogP) is 3.14. The van der Waals surface area contributed by atoms with Gasteiger partial charge < -0.3 is 10.8 Å². The molecule has 1 unspecified atom stereocenters. The van der Waals surface area contributed by atoms with E-state index < -0.39 is 12.0 Å². The maximum Gasteiger partial charge on any atom is 0.321 e. The summed E-state index contributed by atoms with van der Waals surface area (Å²) in [5.41, 5.74) is 9.92. The molecule has 1 atom stereocenters. The van der Waals surface area contributed by atoms with Crippen LogP contribution in [0.5, 0.6) is 0 Å². The molecule has 0 amide bonds.